The number of rotatable bonds is 4. The van der Waals surface area contributed by atoms with Crippen molar-refractivity contribution < 1.29 is 0 Å². The Hall–Kier alpha value is -1.32. The highest BCUT2D eigenvalue weighted by Crippen LogP contribution is 2.12. The van der Waals surface area contributed by atoms with Crippen LogP contribution < -0.4 is 5.73 Å². The average molecular weight is 236 g/mol. The first-order valence-electron chi connectivity index (χ1n) is 5.25. The van der Waals surface area contributed by atoms with E-state index in [-0.39, 0.29) is 0 Å². The number of nitrogens with one attached hydrogen (secondary N) is 1. The minimum absolute atomic E-state index is 0.510. The quantitative estimate of drug-likeness (QED) is 0.855. The summed E-state index contributed by atoms with van der Waals surface area (Å²) in [6, 6.07) is 7.89. The summed E-state index contributed by atoms with van der Waals surface area (Å²) < 4.78 is 0. The number of imidazole rings is 1. The normalized spacial score (nSPS) is 10.6. The smallest absolute Gasteiger partial charge is 0.0925 e. The molecule has 0 aliphatic heterocycles. The van der Waals surface area contributed by atoms with Gasteiger partial charge in [0.15, 0.2) is 0 Å². The molecule has 3 nitrogen and oxygen atoms in total. The number of aromatic amines is 1. The lowest BCUT2D eigenvalue weighted by molar-refractivity contribution is 0.885. The molecule has 4 heteroatoms. The Bertz CT molecular complexity index is 448. The van der Waals surface area contributed by atoms with Gasteiger partial charge < -0.3 is 10.7 Å². The van der Waals surface area contributed by atoms with E-state index < -0.39 is 0 Å². The molecule has 0 unspecified atom stereocenters. The van der Waals surface area contributed by atoms with E-state index in [0.29, 0.717) is 6.54 Å². The van der Waals surface area contributed by atoms with Crippen LogP contribution in [-0.2, 0) is 19.4 Å². The number of nitrogens with zero attached hydrogens (tertiary/aromatic N) is 1. The zero-order valence-electron chi connectivity index (χ0n) is 8.91. The lowest BCUT2D eigenvalue weighted by Gasteiger charge is -2.01. The Morgan fingerprint density at radius 3 is 2.62 bits per heavy atom. The zero-order chi connectivity index (χ0) is 11.4. The van der Waals surface area contributed by atoms with Crippen molar-refractivity contribution in [2.24, 2.45) is 5.73 Å². The number of hydrogen-bond acceptors (Lipinski definition) is 2. The van der Waals surface area contributed by atoms with Gasteiger partial charge in [0.25, 0.3) is 0 Å². The summed E-state index contributed by atoms with van der Waals surface area (Å²) in [6.45, 7) is 0.510. The van der Waals surface area contributed by atoms with Gasteiger partial charge in [-0.1, -0.05) is 23.7 Å². The molecule has 0 atom stereocenters. The Balaban J connectivity index is 1.99. The minimum Gasteiger partial charge on any atom is -0.347 e. The predicted molar refractivity (Wildman–Crippen MR) is 65.3 cm³/mol. The fraction of sp³-hybridized carbons (Fsp3) is 0.250. The van der Waals surface area contributed by atoms with E-state index in [9.17, 15) is 0 Å². The molecule has 1 aromatic heterocycles. The number of halogens is 1. The molecule has 0 saturated carbocycles. The molecule has 0 amide bonds. The van der Waals surface area contributed by atoms with E-state index in [2.05, 4.69) is 9.97 Å². The second kappa shape index (κ2) is 5.14. The molecule has 3 N–H and O–H groups in total. The lowest BCUT2D eigenvalue weighted by atomic mass is 10.1. The van der Waals surface area contributed by atoms with Crippen LogP contribution in [0, 0.1) is 0 Å². The molecule has 2 rings (SSSR count). The largest absolute Gasteiger partial charge is 0.347 e. The van der Waals surface area contributed by atoms with Gasteiger partial charge in [-0.15, -0.1) is 0 Å². The van der Waals surface area contributed by atoms with Gasteiger partial charge in [-0.05, 0) is 30.5 Å². The van der Waals surface area contributed by atoms with Crippen LogP contribution in [0.3, 0.4) is 0 Å². The van der Waals surface area contributed by atoms with Gasteiger partial charge in [0.2, 0.25) is 0 Å². The molecule has 1 aromatic carbocycles. The van der Waals surface area contributed by atoms with E-state index in [0.717, 1.165) is 29.3 Å². The summed E-state index contributed by atoms with van der Waals surface area (Å²) in [5.74, 6) is 0. The van der Waals surface area contributed by atoms with E-state index >= 15 is 0 Å². The first kappa shape index (κ1) is 11.2. The average Bonchev–Trinajstić information content (AvgIpc) is 2.76. The number of benzene rings is 1. The van der Waals surface area contributed by atoms with Crippen molar-refractivity contribution in [2.75, 3.05) is 0 Å². The third-order valence-electron chi connectivity index (χ3n) is 2.58. The van der Waals surface area contributed by atoms with Crippen molar-refractivity contribution in [3.05, 3.63) is 52.6 Å². The molecule has 0 fully saturated rings. The highest BCUT2D eigenvalue weighted by Gasteiger charge is 2.03. The summed E-state index contributed by atoms with van der Waals surface area (Å²) in [4.78, 5) is 7.30. The first-order valence-corrected chi connectivity index (χ1v) is 5.63. The third-order valence-corrected chi connectivity index (χ3v) is 2.83. The molecule has 16 heavy (non-hydrogen) atoms. The maximum Gasteiger partial charge on any atom is 0.0925 e. The SMILES string of the molecule is NCc1[nH]cnc1CCc1ccc(Cl)cc1. The Morgan fingerprint density at radius 1 is 1.19 bits per heavy atom. The molecule has 0 aliphatic rings. The van der Waals surface area contributed by atoms with E-state index in [1.807, 2.05) is 24.3 Å². The Morgan fingerprint density at radius 2 is 1.94 bits per heavy atom. The Kier molecular flexibility index (Phi) is 3.59. The van der Waals surface area contributed by atoms with Crippen LogP contribution in [-0.4, -0.2) is 9.97 Å². The molecule has 1 heterocycles. The predicted octanol–water partition coefficient (Wildman–Crippen LogP) is 2.31. The molecule has 0 spiro atoms. The molecule has 0 bridgehead atoms. The van der Waals surface area contributed by atoms with E-state index in [1.54, 1.807) is 6.33 Å². The molecular formula is C12H14ClN3. The summed E-state index contributed by atoms with van der Waals surface area (Å²) in [5, 5.41) is 0.770. The van der Waals surface area contributed by atoms with Crippen molar-refractivity contribution in [1.82, 2.24) is 9.97 Å². The van der Waals surface area contributed by atoms with Crippen LogP contribution >= 0.6 is 11.6 Å². The summed E-state index contributed by atoms with van der Waals surface area (Å²) >= 11 is 5.83. The van der Waals surface area contributed by atoms with Crippen LogP contribution in [0.2, 0.25) is 5.02 Å². The van der Waals surface area contributed by atoms with Gasteiger partial charge in [-0.2, -0.15) is 0 Å². The maximum atomic E-state index is 5.83. The molecule has 0 radical (unpaired) electrons. The number of aryl methyl sites for hydroxylation is 2. The number of aromatic nitrogens is 2. The van der Waals surface area contributed by atoms with Gasteiger partial charge in [-0.25, -0.2) is 4.98 Å². The van der Waals surface area contributed by atoms with Crippen molar-refractivity contribution in [3.63, 3.8) is 0 Å². The molecule has 2 aromatic rings. The van der Waals surface area contributed by atoms with Crippen LogP contribution in [0.5, 0.6) is 0 Å². The first-order chi connectivity index (χ1) is 7.79. The van der Waals surface area contributed by atoms with Gasteiger partial charge >= 0.3 is 0 Å². The lowest BCUT2D eigenvalue weighted by Crippen LogP contribution is -2.02. The van der Waals surface area contributed by atoms with Gasteiger partial charge in [-0.3, -0.25) is 0 Å². The van der Waals surface area contributed by atoms with Crippen LogP contribution in [0.25, 0.3) is 0 Å². The minimum atomic E-state index is 0.510. The fourth-order valence-electron chi connectivity index (χ4n) is 1.66. The Labute approximate surface area is 99.7 Å². The fourth-order valence-corrected chi connectivity index (χ4v) is 1.78. The van der Waals surface area contributed by atoms with Crippen molar-refractivity contribution in [1.29, 1.82) is 0 Å². The van der Waals surface area contributed by atoms with Crippen molar-refractivity contribution in [3.8, 4) is 0 Å². The molecule has 0 aliphatic carbocycles. The monoisotopic (exact) mass is 235 g/mol. The maximum absolute atomic E-state index is 5.83. The zero-order valence-corrected chi connectivity index (χ0v) is 9.67. The van der Waals surface area contributed by atoms with Crippen LogP contribution in [0.15, 0.2) is 30.6 Å². The van der Waals surface area contributed by atoms with E-state index in [4.69, 9.17) is 17.3 Å². The topological polar surface area (TPSA) is 54.7 Å². The summed E-state index contributed by atoms with van der Waals surface area (Å²) in [6.07, 6.45) is 3.55. The second-order valence-corrected chi connectivity index (χ2v) is 4.09. The third kappa shape index (κ3) is 2.62. The summed E-state index contributed by atoms with van der Waals surface area (Å²) in [5.41, 5.74) is 8.93. The highest BCUT2D eigenvalue weighted by atomic mass is 35.5. The molecule has 0 saturated heterocycles. The van der Waals surface area contributed by atoms with Crippen molar-refractivity contribution >= 4 is 11.6 Å². The van der Waals surface area contributed by atoms with Crippen LogP contribution in [0.1, 0.15) is 17.0 Å². The number of hydrogen-bond donors (Lipinski definition) is 2. The van der Waals surface area contributed by atoms with Crippen LogP contribution in [0.4, 0.5) is 0 Å². The number of nitrogens with two attached hydrogens (primary N) is 1. The summed E-state index contributed by atoms with van der Waals surface area (Å²) in [7, 11) is 0. The van der Waals surface area contributed by atoms with Gasteiger partial charge in [0, 0.05) is 11.6 Å². The van der Waals surface area contributed by atoms with Gasteiger partial charge in [0.1, 0.15) is 0 Å². The molecule has 84 valence electrons. The molecular weight excluding hydrogens is 222 g/mol. The standard InChI is InChI=1S/C12H14ClN3/c13-10-4-1-9(2-5-10)3-6-11-12(7-14)16-8-15-11/h1-2,4-5,8H,3,6-7,14H2,(H,15,16). The van der Waals surface area contributed by atoms with Gasteiger partial charge in [0.05, 0.1) is 17.7 Å². The van der Waals surface area contributed by atoms with Crippen molar-refractivity contribution in [2.45, 2.75) is 19.4 Å². The second-order valence-electron chi connectivity index (χ2n) is 3.66. The van der Waals surface area contributed by atoms with E-state index in [1.165, 1.54) is 5.56 Å². The number of H-pyrrole nitrogens is 1. The highest BCUT2D eigenvalue weighted by molar-refractivity contribution is 6.30.